The summed E-state index contributed by atoms with van der Waals surface area (Å²) in [5.41, 5.74) is 2.10. The highest BCUT2D eigenvalue weighted by atomic mass is 127. The van der Waals surface area contributed by atoms with Crippen molar-refractivity contribution in [3.05, 3.63) is 33.4 Å². The average Bonchev–Trinajstić information content (AvgIpc) is 2.74. The lowest BCUT2D eigenvalue weighted by Gasteiger charge is -2.10. The van der Waals surface area contributed by atoms with E-state index in [1.807, 2.05) is 19.3 Å². The van der Waals surface area contributed by atoms with Crippen LogP contribution in [0.4, 0.5) is 0 Å². The van der Waals surface area contributed by atoms with Crippen LogP contribution in [0, 0.1) is 10.5 Å². The Morgan fingerprint density at radius 3 is 2.72 bits per heavy atom. The fourth-order valence-corrected chi connectivity index (χ4v) is 1.88. The molecule has 0 spiro atoms. The zero-order chi connectivity index (χ0) is 13.1. The molecule has 2 aromatic heterocycles. The van der Waals surface area contributed by atoms with E-state index in [2.05, 4.69) is 56.8 Å². The summed E-state index contributed by atoms with van der Waals surface area (Å²) in [7, 11) is 0. The fourth-order valence-electron chi connectivity index (χ4n) is 1.49. The van der Waals surface area contributed by atoms with E-state index < -0.39 is 0 Å². The van der Waals surface area contributed by atoms with Crippen LogP contribution in [0.2, 0.25) is 0 Å². The first kappa shape index (κ1) is 13.4. The van der Waals surface area contributed by atoms with Gasteiger partial charge in [0, 0.05) is 36.2 Å². The number of aromatic nitrogens is 4. The van der Waals surface area contributed by atoms with E-state index >= 15 is 0 Å². The lowest BCUT2D eigenvalue weighted by atomic mass is 10.2. The quantitative estimate of drug-likeness (QED) is 0.852. The van der Waals surface area contributed by atoms with Crippen LogP contribution < -0.4 is 5.32 Å². The summed E-state index contributed by atoms with van der Waals surface area (Å²) in [5.74, 6) is 0.615. The van der Waals surface area contributed by atoms with Crippen molar-refractivity contribution in [2.45, 2.75) is 33.4 Å². The second kappa shape index (κ2) is 5.75. The lowest BCUT2D eigenvalue weighted by molar-refractivity contribution is 0.584. The van der Waals surface area contributed by atoms with E-state index in [1.165, 1.54) is 0 Å². The minimum Gasteiger partial charge on any atom is -0.310 e. The smallest absolute Gasteiger partial charge is 0.250 e. The summed E-state index contributed by atoms with van der Waals surface area (Å²) in [6, 6.07) is 0.455. The first-order chi connectivity index (χ1) is 8.56. The highest BCUT2D eigenvalue weighted by molar-refractivity contribution is 14.1. The second-order valence-electron chi connectivity index (χ2n) is 4.42. The summed E-state index contributed by atoms with van der Waals surface area (Å²) in [6.45, 7) is 7.03. The number of hydrogen-bond donors (Lipinski definition) is 1. The Kier molecular flexibility index (Phi) is 4.28. The predicted molar refractivity (Wildman–Crippen MR) is 78.6 cm³/mol. The molecular weight excluding hydrogens is 341 g/mol. The van der Waals surface area contributed by atoms with E-state index in [9.17, 15) is 0 Å². The number of halogens is 1. The third kappa shape index (κ3) is 3.26. The molecule has 2 rings (SSSR count). The van der Waals surface area contributed by atoms with Crippen LogP contribution in [0.5, 0.6) is 0 Å². The van der Waals surface area contributed by atoms with Gasteiger partial charge in [-0.15, -0.1) is 0 Å². The molecule has 0 aromatic carbocycles. The molecule has 2 heterocycles. The second-order valence-corrected chi connectivity index (χ2v) is 5.67. The van der Waals surface area contributed by atoms with Gasteiger partial charge in [-0.25, -0.2) is 14.6 Å². The monoisotopic (exact) mass is 357 g/mol. The molecule has 0 bridgehead atoms. The van der Waals surface area contributed by atoms with Crippen LogP contribution in [0.15, 0.2) is 18.6 Å². The summed E-state index contributed by atoms with van der Waals surface area (Å²) >= 11 is 2.21. The molecule has 0 saturated heterocycles. The molecule has 2 aromatic rings. The Morgan fingerprint density at radius 2 is 2.17 bits per heavy atom. The molecule has 0 amide bonds. The van der Waals surface area contributed by atoms with E-state index in [0.717, 1.165) is 21.4 Å². The van der Waals surface area contributed by atoms with Crippen molar-refractivity contribution in [2.24, 2.45) is 0 Å². The minimum atomic E-state index is 0.455. The summed E-state index contributed by atoms with van der Waals surface area (Å²) < 4.78 is 2.76. The topological polar surface area (TPSA) is 55.6 Å². The van der Waals surface area contributed by atoms with Gasteiger partial charge in [0.1, 0.15) is 0 Å². The first-order valence-corrected chi connectivity index (χ1v) is 6.90. The van der Waals surface area contributed by atoms with Crippen LogP contribution in [-0.4, -0.2) is 25.8 Å². The molecule has 96 valence electrons. The fraction of sp³-hybridized carbons (Fsp3) is 0.417. The van der Waals surface area contributed by atoms with Crippen molar-refractivity contribution in [1.29, 1.82) is 0 Å². The average molecular weight is 357 g/mol. The van der Waals surface area contributed by atoms with Crippen molar-refractivity contribution < 1.29 is 0 Å². The van der Waals surface area contributed by atoms with Crippen molar-refractivity contribution in [1.82, 2.24) is 25.1 Å². The van der Waals surface area contributed by atoms with Crippen LogP contribution >= 0.6 is 22.6 Å². The van der Waals surface area contributed by atoms with Crippen LogP contribution in [0.25, 0.3) is 5.95 Å². The number of rotatable bonds is 4. The molecule has 0 aliphatic heterocycles. The molecule has 6 heteroatoms. The van der Waals surface area contributed by atoms with Gasteiger partial charge < -0.3 is 5.32 Å². The Balaban J connectivity index is 2.19. The Labute approximate surface area is 120 Å². The van der Waals surface area contributed by atoms with E-state index in [-0.39, 0.29) is 0 Å². The van der Waals surface area contributed by atoms with Gasteiger partial charge in [0.2, 0.25) is 0 Å². The first-order valence-electron chi connectivity index (χ1n) is 5.82. The predicted octanol–water partition coefficient (Wildman–Crippen LogP) is 2.07. The molecule has 1 N–H and O–H groups in total. The molecule has 0 saturated carbocycles. The van der Waals surface area contributed by atoms with Gasteiger partial charge in [0.05, 0.1) is 9.77 Å². The maximum atomic E-state index is 4.48. The molecule has 0 radical (unpaired) electrons. The van der Waals surface area contributed by atoms with Crippen molar-refractivity contribution in [2.75, 3.05) is 0 Å². The molecular formula is C12H16IN5. The van der Waals surface area contributed by atoms with Crippen LogP contribution in [-0.2, 0) is 6.54 Å². The van der Waals surface area contributed by atoms with Gasteiger partial charge in [-0.3, -0.25) is 0 Å². The van der Waals surface area contributed by atoms with Gasteiger partial charge >= 0.3 is 0 Å². The third-order valence-electron chi connectivity index (χ3n) is 2.53. The van der Waals surface area contributed by atoms with Gasteiger partial charge in [-0.1, -0.05) is 13.8 Å². The third-order valence-corrected chi connectivity index (χ3v) is 3.08. The van der Waals surface area contributed by atoms with E-state index in [1.54, 1.807) is 10.9 Å². The molecule has 18 heavy (non-hydrogen) atoms. The van der Waals surface area contributed by atoms with Gasteiger partial charge in [-0.05, 0) is 29.5 Å². The Bertz CT molecular complexity index is 535. The summed E-state index contributed by atoms with van der Waals surface area (Å²) in [6.07, 6.45) is 5.55. The van der Waals surface area contributed by atoms with E-state index in [4.69, 9.17) is 0 Å². The van der Waals surface area contributed by atoms with Gasteiger partial charge in [-0.2, -0.15) is 5.10 Å². The van der Waals surface area contributed by atoms with Crippen LogP contribution in [0.3, 0.4) is 0 Å². The molecule has 0 fully saturated rings. The molecule has 0 aliphatic carbocycles. The number of nitrogens with one attached hydrogen (secondary N) is 1. The van der Waals surface area contributed by atoms with Crippen LogP contribution in [0.1, 0.15) is 25.1 Å². The standard InChI is InChI=1S/C12H16IN5/c1-8(2)14-4-10-5-15-12(17-9(10)3)18-7-11(13)6-16-18/h5-8,14H,4H2,1-3H3. The normalized spacial score (nSPS) is 11.2. The Morgan fingerprint density at radius 1 is 1.39 bits per heavy atom. The molecule has 0 unspecified atom stereocenters. The number of aryl methyl sites for hydroxylation is 1. The summed E-state index contributed by atoms with van der Waals surface area (Å²) in [4.78, 5) is 8.83. The lowest BCUT2D eigenvalue weighted by Crippen LogP contribution is -2.22. The maximum absolute atomic E-state index is 4.48. The SMILES string of the molecule is Cc1nc(-n2cc(I)cn2)ncc1CNC(C)C. The van der Waals surface area contributed by atoms with Crippen molar-refractivity contribution in [3.8, 4) is 5.95 Å². The molecule has 5 nitrogen and oxygen atoms in total. The van der Waals surface area contributed by atoms with Gasteiger partial charge in [0.25, 0.3) is 5.95 Å². The zero-order valence-corrected chi connectivity index (χ0v) is 12.8. The zero-order valence-electron chi connectivity index (χ0n) is 10.7. The molecule has 0 atom stereocenters. The number of nitrogens with zero attached hydrogens (tertiary/aromatic N) is 4. The van der Waals surface area contributed by atoms with Gasteiger partial charge in [0.15, 0.2) is 0 Å². The number of hydrogen-bond acceptors (Lipinski definition) is 4. The van der Waals surface area contributed by atoms with Crippen molar-refractivity contribution >= 4 is 22.6 Å². The maximum Gasteiger partial charge on any atom is 0.250 e. The van der Waals surface area contributed by atoms with Crippen molar-refractivity contribution in [3.63, 3.8) is 0 Å². The molecule has 0 aliphatic rings. The highest BCUT2D eigenvalue weighted by Gasteiger charge is 2.06. The van der Waals surface area contributed by atoms with E-state index in [0.29, 0.717) is 12.0 Å². The highest BCUT2D eigenvalue weighted by Crippen LogP contribution is 2.09. The minimum absolute atomic E-state index is 0.455. The largest absolute Gasteiger partial charge is 0.310 e. The Hall–Kier alpha value is -1.02. The summed E-state index contributed by atoms with van der Waals surface area (Å²) in [5, 5.41) is 7.56.